The Hall–Kier alpha value is -1.82. The molecule has 2 rings (SSSR count). The fourth-order valence-corrected chi connectivity index (χ4v) is 2.91. The molecule has 0 aromatic heterocycles. The second-order valence-corrected chi connectivity index (χ2v) is 6.48. The first-order valence-electron chi connectivity index (χ1n) is 7.79. The normalized spacial score (nSPS) is 11.6. The number of carbonyl (C=O) groups excluding carboxylic acids is 1. The van der Waals surface area contributed by atoms with Crippen molar-refractivity contribution in [3.05, 3.63) is 51.5 Å². The predicted octanol–water partition coefficient (Wildman–Crippen LogP) is 6.04. The van der Waals surface area contributed by atoms with E-state index in [1.54, 1.807) is 14.0 Å². The Balaban J connectivity index is 2.08. The summed E-state index contributed by atoms with van der Waals surface area (Å²) in [6, 6.07) is 10.2. The summed E-state index contributed by atoms with van der Waals surface area (Å²) in [7, 11) is 1.59. The summed E-state index contributed by atoms with van der Waals surface area (Å²) in [4.78, 5) is 14.0. The number of hydrogen-bond acceptors (Lipinski definition) is 5. The van der Waals surface area contributed by atoms with Gasteiger partial charge in [-0.3, -0.25) is 0 Å². The van der Waals surface area contributed by atoms with Gasteiger partial charge < -0.3 is 19.1 Å². The van der Waals surface area contributed by atoms with Crippen LogP contribution in [-0.2, 0) is 4.74 Å². The molecule has 0 radical (unpaired) electrons. The molecule has 5 nitrogen and oxygen atoms in total. The van der Waals surface area contributed by atoms with Gasteiger partial charge in [-0.1, -0.05) is 40.9 Å². The number of benzene rings is 2. The first kappa shape index (κ1) is 20.5. The molecular formula is C18H18Cl3NO4. The smallest absolute Gasteiger partial charge is 0.497 e. The third-order valence-corrected chi connectivity index (χ3v) is 4.62. The van der Waals surface area contributed by atoms with Gasteiger partial charge in [0.2, 0.25) is 0 Å². The molecular weight excluding hydrogens is 401 g/mol. The van der Waals surface area contributed by atoms with Crippen molar-refractivity contribution < 1.29 is 19.0 Å². The van der Waals surface area contributed by atoms with Gasteiger partial charge >= 0.3 is 6.16 Å². The van der Waals surface area contributed by atoms with Crippen molar-refractivity contribution in [2.45, 2.75) is 20.1 Å². The van der Waals surface area contributed by atoms with Crippen LogP contribution in [0.5, 0.6) is 11.5 Å². The van der Waals surface area contributed by atoms with E-state index in [9.17, 15) is 4.79 Å². The lowest BCUT2D eigenvalue weighted by Crippen LogP contribution is -2.37. The second kappa shape index (κ2) is 9.21. The monoisotopic (exact) mass is 417 g/mol. The van der Waals surface area contributed by atoms with Crippen molar-refractivity contribution >= 4 is 46.6 Å². The zero-order valence-electron chi connectivity index (χ0n) is 14.5. The fraction of sp³-hybridized carbons (Fsp3) is 0.278. The molecule has 0 amide bonds. The number of methoxy groups -OCH3 is 1. The Morgan fingerprint density at radius 1 is 1.12 bits per heavy atom. The Labute approximate surface area is 167 Å². The van der Waals surface area contributed by atoms with Crippen molar-refractivity contribution in [3.63, 3.8) is 0 Å². The number of anilines is 1. The lowest BCUT2D eigenvalue weighted by molar-refractivity contribution is 0.0646. The van der Waals surface area contributed by atoms with E-state index < -0.39 is 12.4 Å². The van der Waals surface area contributed by atoms with Crippen LogP contribution in [0.15, 0.2) is 36.4 Å². The van der Waals surface area contributed by atoms with E-state index in [0.29, 0.717) is 12.3 Å². The second-order valence-electron chi connectivity index (χ2n) is 5.25. The highest BCUT2D eigenvalue weighted by Crippen LogP contribution is 2.34. The molecule has 0 aliphatic rings. The molecule has 0 saturated carbocycles. The van der Waals surface area contributed by atoms with Crippen molar-refractivity contribution in [2.24, 2.45) is 0 Å². The van der Waals surface area contributed by atoms with Crippen LogP contribution in [0.25, 0.3) is 0 Å². The Kier molecular flexibility index (Phi) is 7.26. The Bertz CT molecular complexity index is 785. The number of nitrogens with zero attached hydrogens (tertiary/aromatic N) is 1. The standard InChI is InChI=1S/C18H18Cl3NO4/c1-4-22(12-6-5-7-13(8-12)24-3)11(2)25-18(23)26-17-10-15(20)14(19)9-16(17)21/h5-11H,4H2,1-3H3. The molecule has 0 bridgehead atoms. The van der Waals surface area contributed by atoms with Crippen molar-refractivity contribution in [1.29, 1.82) is 0 Å². The summed E-state index contributed by atoms with van der Waals surface area (Å²) >= 11 is 17.8. The van der Waals surface area contributed by atoms with E-state index in [4.69, 9.17) is 49.0 Å². The summed E-state index contributed by atoms with van der Waals surface area (Å²) in [5.41, 5.74) is 0.847. The van der Waals surface area contributed by atoms with Crippen LogP contribution >= 0.6 is 34.8 Å². The Morgan fingerprint density at radius 2 is 1.81 bits per heavy atom. The van der Waals surface area contributed by atoms with Crippen molar-refractivity contribution in [1.82, 2.24) is 0 Å². The first-order valence-corrected chi connectivity index (χ1v) is 8.92. The number of halogens is 3. The van der Waals surface area contributed by atoms with Gasteiger partial charge in [-0.25, -0.2) is 4.79 Å². The maximum Gasteiger partial charge on any atom is 0.515 e. The summed E-state index contributed by atoms with van der Waals surface area (Å²) in [5.74, 6) is 0.779. The molecule has 140 valence electrons. The maximum absolute atomic E-state index is 12.1. The molecule has 26 heavy (non-hydrogen) atoms. The van der Waals surface area contributed by atoms with Gasteiger partial charge in [-0.05, 0) is 32.0 Å². The van der Waals surface area contributed by atoms with Crippen LogP contribution < -0.4 is 14.4 Å². The Morgan fingerprint density at radius 3 is 2.46 bits per heavy atom. The van der Waals surface area contributed by atoms with Gasteiger partial charge in [0.05, 0.1) is 22.2 Å². The predicted molar refractivity (Wildman–Crippen MR) is 104 cm³/mol. The van der Waals surface area contributed by atoms with Gasteiger partial charge in [0.1, 0.15) is 5.75 Å². The quantitative estimate of drug-likeness (QED) is 0.247. The summed E-state index contributed by atoms with van der Waals surface area (Å²) in [6.45, 7) is 4.29. The van der Waals surface area contributed by atoms with E-state index in [1.807, 2.05) is 36.1 Å². The zero-order chi connectivity index (χ0) is 19.3. The molecule has 0 aliphatic heterocycles. The number of rotatable bonds is 6. The molecule has 0 saturated heterocycles. The lowest BCUT2D eigenvalue weighted by atomic mass is 10.2. The van der Waals surface area contributed by atoms with Crippen LogP contribution in [-0.4, -0.2) is 26.0 Å². The molecule has 0 heterocycles. The molecule has 0 N–H and O–H groups in total. The highest BCUT2D eigenvalue weighted by atomic mass is 35.5. The van der Waals surface area contributed by atoms with E-state index in [-0.39, 0.29) is 20.8 Å². The minimum Gasteiger partial charge on any atom is -0.497 e. The van der Waals surface area contributed by atoms with Crippen LogP contribution in [0.1, 0.15) is 13.8 Å². The summed E-state index contributed by atoms with van der Waals surface area (Å²) in [5, 5.41) is 0.642. The van der Waals surface area contributed by atoms with Gasteiger partial charge in [0, 0.05) is 24.4 Å². The van der Waals surface area contributed by atoms with Crippen LogP contribution in [0, 0.1) is 0 Å². The van der Waals surface area contributed by atoms with Crippen molar-refractivity contribution in [2.75, 3.05) is 18.6 Å². The maximum atomic E-state index is 12.1. The largest absolute Gasteiger partial charge is 0.515 e. The molecule has 2 aromatic carbocycles. The lowest BCUT2D eigenvalue weighted by Gasteiger charge is -2.29. The van der Waals surface area contributed by atoms with E-state index >= 15 is 0 Å². The summed E-state index contributed by atoms with van der Waals surface area (Å²) < 4.78 is 15.7. The molecule has 2 aromatic rings. The van der Waals surface area contributed by atoms with Crippen LogP contribution in [0.2, 0.25) is 15.1 Å². The SMILES string of the molecule is CCN(c1cccc(OC)c1)C(C)OC(=O)Oc1cc(Cl)c(Cl)cc1Cl. The third-order valence-electron chi connectivity index (χ3n) is 3.60. The molecule has 0 aliphatic carbocycles. The fourth-order valence-electron chi connectivity index (χ4n) is 2.34. The van der Waals surface area contributed by atoms with Gasteiger partial charge in [-0.2, -0.15) is 0 Å². The van der Waals surface area contributed by atoms with Crippen LogP contribution in [0.3, 0.4) is 0 Å². The highest BCUT2D eigenvalue weighted by Gasteiger charge is 2.20. The summed E-state index contributed by atoms with van der Waals surface area (Å²) in [6.07, 6.45) is -1.49. The zero-order valence-corrected chi connectivity index (χ0v) is 16.7. The van der Waals surface area contributed by atoms with Gasteiger partial charge in [0.15, 0.2) is 12.0 Å². The average molecular weight is 419 g/mol. The van der Waals surface area contributed by atoms with Gasteiger partial charge in [0.25, 0.3) is 0 Å². The number of ether oxygens (including phenoxy) is 3. The van der Waals surface area contributed by atoms with E-state index in [2.05, 4.69) is 0 Å². The first-order chi connectivity index (χ1) is 12.3. The number of hydrogen-bond donors (Lipinski definition) is 0. The molecule has 8 heteroatoms. The molecule has 1 unspecified atom stereocenters. The highest BCUT2D eigenvalue weighted by molar-refractivity contribution is 6.43. The molecule has 0 fully saturated rings. The minimum atomic E-state index is -0.904. The molecule has 1 atom stereocenters. The van der Waals surface area contributed by atoms with Crippen molar-refractivity contribution in [3.8, 4) is 11.5 Å². The average Bonchev–Trinajstić information content (AvgIpc) is 2.60. The van der Waals surface area contributed by atoms with E-state index in [1.165, 1.54) is 12.1 Å². The third kappa shape index (κ3) is 5.10. The van der Waals surface area contributed by atoms with Gasteiger partial charge in [-0.15, -0.1) is 0 Å². The van der Waals surface area contributed by atoms with E-state index in [0.717, 1.165) is 5.69 Å². The van der Waals surface area contributed by atoms with Crippen LogP contribution in [0.4, 0.5) is 10.5 Å². The number of carbonyl (C=O) groups is 1. The molecule has 0 spiro atoms. The minimum absolute atomic E-state index is 0.0719. The topological polar surface area (TPSA) is 48.0 Å².